The second-order valence-electron chi connectivity index (χ2n) is 8.46. The lowest BCUT2D eigenvalue weighted by molar-refractivity contribution is 0.105. The third-order valence-electron chi connectivity index (χ3n) is 5.71. The summed E-state index contributed by atoms with van der Waals surface area (Å²) in [5.41, 5.74) is 3.97. The van der Waals surface area contributed by atoms with Crippen LogP contribution in [-0.4, -0.2) is 11.3 Å². The van der Waals surface area contributed by atoms with Gasteiger partial charge in [0.15, 0.2) is 5.78 Å². The van der Waals surface area contributed by atoms with Crippen molar-refractivity contribution in [2.45, 2.75) is 25.8 Å². The average molecular weight is 377 g/mol. The topological polar surface area (TPSA) is 29.1 Å². The quantitative estimate of drug-likeness (QED) is 0.258. The van der Waals surface area contributed by atoms with E-state index in [1.54, 1.807) is 6.08 Å². The number of carbonyl (C=O) groups is 1. The summed E-state index contributed by atoms with van der Waals surface area (Å²) in [5.74, 6) is 0.0352. The van der Waals surface area contributed by atoms with E-state index in [1.807, 2.05) is 42.5 Å². The summed E-state index contributed by atoms with van der Waals surface area (Å²) in [6, 6.07) is 26.8. The summed E-state index contributed by atoms with van der Waals surface area (Å²) in [4.78, 5) is 13.6. The predicted molar refractivity (Wildman–Crippen MR) is 121 cm³/mol. The zero-order valence-corrected chi connectivity index (χ0v) is 16.7. The van der Waals surface area contributed by atoms with Crippen LogP contribution < -0.4 is 5.32 Å². The molecule has 29 heavy (non-hydrogen) atoms. The van der Waals surface area contributed by atoms with E-state index >= 15 is 0 Å². The molecule has 0 saturated heterocycles. The van der Waals surface area contributed by atoms with Gasteiger partial charge in [0, 0.05) is 28.4 Å². The van der Waals surface area contributed by atoms with Crippen LogP contribution in [0.1, 0.15) is 35.3 Å². The van der Waals surface area contributed by atoms with E-state index in [1.165, 1.54) is 5.56 Å². The second-order valence-corrected chi connectivity index (χ2v) is 8.46. The van der Waals surface area contributed by atoms with E-state index in [9.17, 15) is 4.79 Å². The molecule has 0 amide bonds. The van der Waals surface area contributed by atoms with Crippen molar-refractivity contribution >= 4 is 33.0 Å². The number of carbonyl (C=O) groups excluding carboxylic acids is 1. The fourth-order valence-electron chi connectivity index (χ4n) is 4.49. The molecule has 0 unspecified atom stereocenters. The van der Waals surface area contributed by atoms with Gasteiger partial charge in [0.05, 0.1) is 0 Å². The predicted octanol–water partition coefficient (Wildman–Crippen LogP) is 6.14. The minimum Gasteiger partial charge on any atom is -0.379 e. The summed E-state index contributed by atoms with van der Waals surface area (Å²) in [6.07, 6.45) is 2.72. The van der Waals surface area contributed by atoms with Gasteiger partial charge in [-0.2, -0.15) is 0 Å². The molecule has 0 atom stereocenters. The minimum atomic E-state index is -0.0959. The van der Waals surface area contributed by atoms with Gasteiger partial charge < -0.3 is 5.32 Å². The Morgan fingerprint density at radius 1 is 0.862 bits per heavy atom. The molecule has 2 heteroatoms. The van der Waals surface area contributed by atoms with Crippen molar-refractivity contribution < 1.29 is 4.79 Å². The highest BCUT2D eigenvalue weighted by Gasteiger charge is 2.28. The smallest absolute Gasteiger partial charge is 0.189 e. The number of fused-ring (bicyclic) bond motifs is 3. The molecule has 0 aliphatic carbocycles. The molecule has 0 saturated carbocycles. The van der Waals surface area contributed by atoms with Crippen LogP contribution in [0.15, 0.2) is 84.9 Å². The zero-order valence-electron chi connectivity index (χ0n) is 16.7. The second kappa shape index (κ2) is 6.59. The lowest BCUT2D eigenvalue weighted by Gasteiger charge is -2.35. The number of nitrogens with one attached hydrogen (secondary N) is 1. The number of rotatable bonds is 2. The normalized spacial score (nSPS) is 16.6. The maximum atomic E-state index is 13.6. The van der Waals surface area contributed by atoms with Crippen molar-refractivity contribution in [3.63, 3.8) is 0 Å². The van der Waals surface area contributed by atoms with E-state index in [0.29, 0.717) is 0 Å². The molecule has 0 bridgehead atoms. The van der Waals surface area contributed by atoms with Crippen molar-refractivity contribution in [3.8, 4) is 0 Å². The highest BCUT2D eigenvalue weighted by Crippen LogP contribution is 2.32. The molecule has 0 spiro atoms. The summed E-state index contributed by atoms with van der Waals surface area (Å²) < 4.78 is 0. The third-order valence-corrected chi connectivity index (χ3v) is 5.71. The maximum absolute atomic E-state index is 13.6. The SMILES string of the molecule is CC1(C)Cc2ccccc2C(=CC(=O)c2c3ccccc3cc3ccccc23)N1. The van der Waals surface area contributed by atoms with Crippen LogP contribution in [-0.2, 0) is 6.42 Å². The highest BCUT2D eigenvalue weighted by atomic mass is 16.1. The van der Waals surface area contributed by atoms with Crippen LogP contribution in [0.4, 0.5) is 0 Å². The van der Waals surface area contributed by atoms with E-state index in [4.69, 9.17) is 0 Å². The van der Waals surface area contributed by atoms with Crippen molar-refractivity contribution in [2.75, 3.05) is 0 Å². The third kappa shape index (κ3) is 3.11. The molecule has 0 radical (unpaired) electrons. The molecule has 4 aromatic rings. The lowest BCUT2D eigenvalue weighted by atomic mass is 9.85. The Labute approximate surface area is 170 Å². The summed E-state index contributed by atoms with van der Waals surface area (Å²) in [7, 11) is 0. The molecule has 1 aliphatic rings. The molecular weight excluding hydrogens is 354 g/mol. The van der Waals surface area contributed by atoms with Crippen molar-refractivity contribution in [2.24, 2.45) is 0 Å². The van der Waals surface area contributed by atoms with Crippen LogP contribution in [0.3, 0.4) is 0 Å². The Bertz CT molecular complexity index is 1240. The zero-order chi connectivity index (χ0) is 20.0. The fourth-order valence-corrected chi connectivity index (χ4v) is 4.49. The Morgan fingerprint density at radius 3 is 2.14 bits per heavy atom. The molecule has 142 valence electrons. The largest absolute Gasteiger partial charge is 0.379 e. The molecule has 0 aromatic heterocycles. The Hall–Kier alpha value is -3.39. The monoisotopic (exact) mass is 377 g/mol. The van der Waals surface area contributed by atoms with Gasteiger partial charge in [0.1, 0.15) is 0 Å². The van der Waals surface area contributed by atoms with Gasteiger partial charge in [-0.15, -0.1) is 0 Å². The van der Waals surface area contributed by atoms with Gasteiger partial charge >= 0.3 is 0 Å². The van der Waals surface area contributed by atoms with Crippen molar-refractivity contribution in [1.29, 1.82) is 0 Å². The molecule has 4 aromatic carbocycles. The van der Waals surface area contributed by atoms with Crippen LogP contribution in [0, 0.1) is 0 Å². The average Bonchev–Trinajstić information content (AvgIpc) is 2.71. The lowest BCUT2D eigenvalue weighted by Crippen LogP contribution is -2.43. The van der Waals surface area contributed by atoms with Gasteiger partial charge in [0.2, 0.25) is 0 Å². The van der Waals surface area contributed by atoms with Gasteiger partial charge in [0.25, 0.3) is 0 Å². The summed E-state index contributed by atoms with van der Waals surface area (Å²) in [5, 5.41) is 7.76. The summed E-state index contributed by atoms with van der Waals surface area (Å²) >= 11 is 0. The number of hydrogen-bond donors (Lipinski definition) is 1. The van der Waals surface area contributed by atoms with Crippen LogP contribution in [0.5, 0.6) is 0 Å². The molecule has 2 nitrogen and oxygen atoms in total. The summed E-state index contributed by atoms with van der Waals surface area (Å²) in [6.45, 7) is 4.35. The van der Waals surface area contributed by atoms with Crippen LogP contribution in [0.2, 0.25) is 0 Å². The van der Waals surface area contributed by atoms with E-state index in [2.05, 4.69) is 55.6 Å². The molecule has 0 fully saturated rings. The number of benzene rings is 4. The van der Waals surface area contributed by atoms with E-state index in [0.717, 1.165) is 44.8 Å². The van der Waals surface area contributed by atoms with Crippen LogP contribution >= 0.6 is 0 Å². The van der Waals surface area contributed by atoms with Gasteiger partial charge in [-0.05, 0) is 53.4 Å². The molecule has 1 aliphatic heterocycles. The first kappa shape index (κ1) is 17.7. The first-order valence-electron chi connectivity index (χ1n) is 10.0. The van der Waals surface area contributed by atoms with Gasteiger partial charge in [-0.1, -0.05) is 72.8 Å². The minimum absolute atomic E-state index is 0.0352. The Kier molecular flexibility index (Phi) is 4.02. The fraction of sp³-hybridized carbons (Fsp3) is 0.148. The first-order valence-corrected chi connectivity index (χ1v) is 10.0. The van der Waals surface area contributed by atoms with Gasteiger partial charge in [-0.3, -0.25) is 4.79 Å². The van der Waals surface area contributed by atoms with Crippen molar-refractivity contribution in [1.82, 2.24) is 5.32 Å². The standard InChI is InChI=1S/C27H23NO/c1-27(2)17-20-11-5-6-12-21(20)24(28-27)16-25(29)26-22-13-7-3-9-18(22)15-19-10-4-8-14-23(19)26/h3-16,28H,17H2,1-2H3. The Morgan fingerprint density at radius 2 is 1.45 bits per heavy atom. The van der Waals surface area contributed by atoms with Crippen molar-refractivity contribution in [3.05, 3.63) is 102 Å². The number of allylic oxidation sites excluding steroid dienone is 1. The highest BCUT2D eigenvalue weighted by molar-refractivity contribution is 6.23. The molecule has 1 N–H and O–H groups in total. The Balaban J connectivity index is 1.73. The van der Waals surface area contributed by atoms with Gasteiger partial charge in [-0.25, -0.2) is 0 Å². The van der Waals surface area contributed by atoms with E-state index < -0.39 is 0 Å². The number of ketones is 1. The molecular formula is C27H23NO. The molecule has 1 heterocycles. The number of hydrogen-bond acceptors (Lipinski definition) is 2. The van der Waals surface area contributed by atoms with Crippen LogP contribution in [0.25, 0.3) is 27.2 Å². The van der Waals surface area contributed by atoms with E-state index in [-0.39, 0.29) is 11.3 Å². The first-order chi connectivity index (χ1) is 14.0. The maximum Gasteiger partial charge on any atom is 0.189 e. The molecule has 5 rings (SSSR count).